The number of amides is 2. The van der Waals surface area contributed by atoms with Crippen LogP contribution in [-0.4, -0.2) is 50.3 Å². The Kier molecular flexibility index (Phi) is 6.63. The van der Waals surface area contributed by atoms with Crippen LogP contribution in [-0.2, 0) is 11.3 Å². The maximum Gasteiger partial charge on any atom is 0.322 e. The zero-order valence-electron chi connectivity index (χ0n) is 16.6. The normalized spacial score (nSPS) is 16.8. The third-order valence-corrected chi connectivity index (χ3v) is 5.66. The van der Waals surface area contributed by atoms with E-state index in [9.17, 15) is 29.4 Å². The predicted molar refractivity (Wildman–Crippen MR) is 106 cm³/mol. The summed E-state index contributed by atoms with van der Waals surface area (Å²) < 4.78 is 0.906. The van der Waals surface area contributed by atoms with E-state index in [2.05, 4.69) is 5.32 Å². The van der Waals surface area contributed by atoms with Crippen LogP contribution in [0.2, 0.25) is 0 Å². The number of pyridine rings is 1. The van der Waals surface area contributed by atoms with Crippen LogP contribution < -0.4 is 16.2 Å². The standard InChI is InChI=1S/C20H27N3O7/c24-13(25)10-21-17(27)14-16(26)15(18(28)22-12-4-2-1-3-5-12)20(30)23(19(14)29)9-8-11-6-7-11/h11-12,26,30H,1-10H2,(H,21,27)(H,22,28)(H,24,25). The number of carbonyl (C=O) groups excluding carboxylic acids is 2. The van der Waals surface area contributed by atoms with Crippen LogP contribution >= 0.6 is 0 Å². The molecule has 2 fully saturated rings. The highest BCUT2D eigenvalue weighted by Crippen LogP contribution is 2.34. The molecular weight excluding hydrogens is 394 g/mol. The van der Waals surface area contributed by atoms with Gasteiger partial charge in [0.2, 0.25) is 5.88 Å². The lowest BCUT2D eigenvalue weighted by atomic mass is 9.95. The molecule has 30 heavy (non-hydrogen) atoms. The molecule has 1 aromatic rings. The molecule has 5 N–H and O–H groups in total. The number of hydrogen-bond donors (Lipinski definition) is 5. The largest absolute Gasteiger partial charge is 0.506 e. The van der Waals surface area contributed by atoms with Crippen molar-refractivity contribution in [3.8, 4) is 11.6 Å². The molecule has 164 valence electrons. The lowest BCUT2D eigenvalue weighted by Crippen LogP contribution is -2.39. The second-order valence-electron chi connectivity index (χ2n) is 8.00. The van der Waals surface area contributed by atoms with Crippen molar-refractivity contribution in [2.24, 2.45) is 5.92 Å². The SMILES string of the molecule is O=C(O)CNC(=O)c1c(O)c(C(=O)NC2CCCCC2)c(O)n(CCC2CC2)c1=O. The Morgan fingerprint density at radius 3 is 2.23 bits per heavy atom. The molecule has 1 aromatic heterocycles. The van der Waals surface area contributed by atoms with Crippen LogP contribution in [0.4, 0.5) is 0 Å². The zero-order chi connectivity index (χ0) is 21.8. The molecule has 2 amide bonds. The number of aliphatic carboxylic acids is 1. The Morgan fingerprint density at radius 2 is 1.63 bits per heavy atom. The molecule has 2 aliphatic rings. The van der Waals surface area contributed by atoms with Crippen molar-refractivity contribution in [3.05, 3.63) is 21.5 Å². The Hall–Kier alpha value is -3.04. The highest BCUT2D eigenvalue weighted by molar-refractivity contribution is 6.05. The number of carboxylic acids is 1. The first-order valence-corrected chi connectivity index (χ1v) is 10.3. The van der Waals surface area contributed by atoms with Gasteiger partial charge in [-0.25, -0.2) is 0 Å². The Labute approximate surface area is 172 Å². The molecular formula is C20H27N3O7. The van der Waals surface area contributed by atoms with Crippen LogP contribution in [0.25, 0.3) is 0 Å². The van der Waals surface area contributed by atoms with Crippen molar-refractivity contribution in [1.29, 1.82) is 0 Å². The highest BCUT2D eigenvalue weighted by atomic mass is 16.4. The summed E-state index contributed by atoms with van der Waals surface area (Å²) in [6.07, 6.45) is 7.10. The van der Waals surface area contributed by atoms with Gasteiger partial charge in [0.05, 0.1) is 0 Å². The van der Waals surface area contributed by atoms with Crippen molar-refractivity contribution >= 4 is 17.8 Å². The fourth-order valence-electron chi connectivity index (χ4n) is 3.79. The minimum Gasteiger partial charge on any atom is -0.506 e. The van der Waals surface area contributed by atoms with Crippen LogP contribution in [0.5, 0.6) is 11.6 Å². The Bertz CT molecular complexity index is 899. The molecule has 0 saturated heterocycles. The number of aromatic nitrogens is 1. The van der Waals surface area contributed by atoms with Crippen LogP contribution in [0, 0.1) is 5.92 Å². The lowest BCUT2D eigenvalue weighted by molar-refractivity contribution is -0.135. The molecule has 10 heteroatoms. The number of rotatable bonds is 8. The van der Waals surface area contributed by atoms with Crippen LogP contribution in [0.1, 0.15) is 72.1 Å². The first kappa shape index (κ1) is 21.7. The number of nitrogens with one attached hydrogen (secondary N) is 2. The van der Waals surface area contributed by atoms with Crippen LogP contribution in [0.3, 0.4) is 0 Å². The van der Waals surface area contributed by atoms with E-state index in [0.717, 1.165) is 49.5 Å². The van der Waals surface area contributed by atoms with Gasteiger partial charge in [0.15, 0.2) is 5.75 Å². The fraction of sp³-hybridized carbons (Fsp3) is 0.600. The highest BCUT2D eigenvalue weighted by Gasteiger charge is 2.31. The van der Waals surface area contributed by atoms with Crippen molar-refractivity contribution in [3.63, 3.8) is 0 Å². The molecule has 0 bridgehead atoms. The third-order valence-electron chi connectivity index (χ3n) is 5.66. The van der Waals surface area contributed by atoms with Crippen molar-refractivity contribution in [2.75, 3.05) is 6.54 Å². The number of carboxylic acid groups (broad SMARTS) is 1. The van der Waals surface area contributed by atoms with E-state index >= 15 is 0 Å². The number of aromatic hydroxyl groups is 2. The predicted octanol–water partition coefficient (Wildman–Crippen LogP) is 0.936. The molecule has 0 aromatic carbocycles. The fourth-order valence-corrected chi connectivity index (χ4v) is 3.79. The van der Waals surface area contributed by atoms with Crippen molar-refractivity contribution in [2.45, 2.75) is 64.0 Å². The molecule has 0 radical (unpaired) electrons. The monoisotopic (exact) mass is 421 g/mol. The van der Waals surface area contributed by atoms with Gasteiger partial charge in [0, 0.05) is 12.6 Å². The Balaban J connectivity index is 1.97. The smallest absolute Gasteiger partial charge is 0.322 e. The average Bonchev–Trinajstić information content (AvgIpc) is 3.51. The number of nitrogens with zero attached hydrogens (tertiary/aromatic N) is 1. The van der Waals surface area contributed by atoms with Crippen LogP contribution in [0.15, 0.2) is 4.79 Å². The summed E-state index contributed by atoms with van der Waals surface area (Å²) >= 11 is 0. The molecule has 0 aliphatic heterocycles. The topological polar surface area (TPSA) is 158 Å². The van der Waals surface area contributed by atoms with Gasteiger partial charge in [-0.1, -0.05) is 32.1 Å². The van der Waals surface area contributed by atoms with E-state index in [1.54, 1.807) is 0 Å². The van der Waals surface area contributed by atoms with Gasteiger partial charge in [-0.2, -0.15) is 0 Å². The summed E-state index contributed by atoms with van der Waals surface area (Å²) in [5.41, 5.74) is -2.27. The minimum absolute atomic E-state index is 0.0819. The summed E-state index contributed by atoms with van der Waals surface area (Å²) in [5, 5.41) is 34.7. The van der Waals surface area contributed by atoms with Gasteiger partial charge in [-0.05, 0) is 25.2 Å². The van der Waals surface area contributed by atoms with Gasteiger partial charge in [-0.15, -0.1) is 0 Å². The van der Waals surface area contributed by atoms with E-state index in [1.165, 1.54) is 0 Å². The summed E-state index contributed by atoms with van der Waals surface area (Å²) in [7, 11) is 0. The average molecular weight is 421 g/mol. The zero-order valence-corrected chi connectivity index (χ0v) is 16.6. The summed E-state index contributed by atoms with van der Waals surface area (Å²) in [4.78, 5) is 48.8. The summed E-state index contributed by atoms with van der Waals surface area (Å²) in [5.74, 6) is -4.45. The van der Waals surface area contributed by atoms with E-state index in [4.69, 9.17) is 5.11 Å². The maximum atomic E-state index is 12.8. The Morgan fingerprint density at radius 1 is 0.967 bits per heavy atom. The second kappa shape index (κ2) is 9.19. The molecule has 2 aliphatic carbocycles. The first-order valence-electron chi connectivity index (χ1n) is 10.3. The van der Waals surface area contributed by atoms with E-state index < -0.39 is 52.6 Å². The summed E-state index contributed by atoms with van der Waals surface area (Å²) in [6, 6.07) is -0.124. The third kappa shape index (κ3) is 4.92. The van der Waals surface area contributed by atoms with E-state index in [1.807, 2.05) is 5.32 Å². The van der Waals surface area contributed by atoms with Crippen molar-refractivity contribution < 1.29 is 29.7 Å². The molecule has 0 spiro atoms. The van der Waals surface area contributed by atoms with E-state index in [-0.39, 0.29) is 12.6 Å². The first-order chi connectivity index (χ1) is 14.3. The van der Waals surface area contributed by atoms with Gasteiger partial charge < -0.3 is 26.0 Å². The van der Waals surface area contributed by atoms with Gasteiger partial charge in [0.25, 0.3) is 17.4 Å². The van der Waals surface area contributed by atoms with Gasteiger partial charge in [0.1, 0.15) is 17.7 Å². The van der Waals surface area contributed by atoms with E-state index in [0.29, 0.717) is 12.3 Å². The van der Waals surface area contributed by atoms with Gasteiger partial charge in [-0.3, -0.25) is 23.7 Å². The molecule has 2 saturated carbocycles. The number of hydrogen-bond acceptors (Lipinski definition) is 6. The lowest BCUT2D eigenvalue weighted by Gasteiger charge is -2.24. The van der Waals surface area contributed by atoms with Crippen molar-refractivity contribution in [1.82, 2.24) is 15.2 Å². The second-order valence-corrected chi connectivity index (χ2v) is 8.00. The molecule has 0 atom stereocenters. The minimum atomic E-state index is -1.33. The summed E-state index contributed by atoms with van der Waals surface area (Å²) in [6.45, 7) is -0.678. The maximum absolute atomic E-state index is 12.8. The molecule has 0 unspecified atom stereocenters. The van der Waals surface area contributed by atoms with Gasteiger partial charge >= 0.3 is 5.97 Å². The molecule has 1 heterocycles. The quantitative estimate of drug-likeness (QED) is 0.418. The molecule has 10 nitrogen and oxygen atoms in total. The molecule has 3 rings (SSSR count). The number of carbonyl (C=O) groups is 3.